The molecule has 0 amide bonds. The first-order chi connectivity index (χ1) is 11.3. The maximum atomic E-state index is 12.6. The molecule has 0 aliphatic heterocycles. The van der Waals surface area contributed by atoms with Crippen LogP contribution in [0.25, 0.3) is 11.0 Å². The van der Waals surface area contributed by atoms with Gasteiger partial charge in [-0.1, -0.05) is 6.07 Å². The summed E-state index contributed by atoms with van der Waals surface area (Å²) in [5, 5.41) is 0.662. The van der Waals surface area contributed by atoms with Gasteiger partial charge in [0.15, 0.2) is 0 Å². The predicted octanol–water partition coefficient (Wildman–Crippen LogP) is 5.05. The Hall–Kier alpha value is -1.98. The molecule has 24 heavy (non-hydrogen) atoms. The van der Waals surface area contributed by atoms with Gasteiger partial charge in [-0.05, 0) is 56.7 Å². The lowest BCUT2D eigenvalue weighted by atomic mass is 9.72. The topological polar surface area (TPSA) is 39.4 Å². The number of rotatable bonds is 4. The highest BCUT2D eigenvalue weighted by molar-refractivity contribution is 6.04. The van der Waals surface area contributed by atoms with Gasteiger partial charge in [-0.25, -0.2) is 4.79 Å². The SMILES string of the molecule is CCOC(=O)c1c(C)oc2ccc(CC3CC(C(F)(F)F)C3)cc12. The smallest absolute Gasteiger partial charge is 0.391 e. The van der Waals surface area contributed by atoms with Crippen LogP contribution in [0.2, 0.25) is 0 Å². The van der Waals surface area contributed by atoms with Crippen LogP contribution in [0, 0.1) is 18.8 Å². The molecule has 0 bridgehead atoms. The van der Waals surface area contributed by atoms with Crippen LogP contribution in [0.15, 0.2) is 22.6 Å². The van der Waals surface area contributed by atoms with Gasteiger partial charge >= 0.3 is 12.1 Å². The van der Waals surface area contributed by atoms with Crippen molar-refractivity contribution in [1.29, 1.82) is 0 Å². The van der Waals surface area contributed by atoms with Crippen LogP contribution in [-0.4, -0.2) is 18.8 Å². The summed E-state index contributed by atoms with van der Waals surface area (Å²) in [7, 11) is 0. The van der Waals surface area contributed by atoms with Crippen LogP contribution in [0.3, 0.4) is 0 Å². The van der Waals surface area contributed by atoms with Crippen molar-refractivity contribution in [2.45, 2.75) is 39.3 Å². The number of furan rings is 1. The van der Waals surface area contributed by atoms with Gasteiger partial charge in [-0.3, -0.25) is 0 Å². The first-order valence-electron chi connectivity index (χ1n) is 8.05. The zero-order chi connectivity index (χ0) is 17.5. The van der Waals surface area contributed by atoms with Gasteiger partial charge in [-0.15, -0.1) is 0 Å². The quantitative estimate of drug-likeness (QED) is 0.731. The second-order valence-corrected chi connectivity index (χ2v) is 6.36. The molecule has 130 valence electrons. The average Bonchev–Trinajstić information content (AvgIpc) is 2.76. The summed E-state index contributed by atoms with van der Waals surface area (Å²) in [6.45, 7) is 3.70. The Balaban J connectivity index is 1.79. The number of fused-ring (bicyclic) bond motifs is 1. The van der Waals surface area contributed by atoms with Gasteiger partial charge in [0.25, 0.3) is 0 Å². The van der Waals surface area contributed by atoms with Crippen LogP contribution in [0.5, 0.6) is 0 Å². The van der Waals surface area contributed by atoms with Gasteiger partial charge in [0.1, 0.15) is 16.9 Å². The third kappa shape index (κ3) is 3.14. The molecule has 0 unspecified atom stereocenters. The number of halogens is 3. The van der Waals surface area contributed by atoms with Crippen molar-refractivity contribution in [2.75, 3.05) is 6.61 Å². The van der Waals surface area contributed by atoms with Gasteiger partial charge in [0.2, 0.25) is 0 Å². The third-order valence-corrected chi connectivity index (χ3v) is 4.63. The van der Waals surface area contributed by atoms with Crippen molar-refractivity contribution in [3.05, 3.63) is 35.1 Å². The minimum atomic E-state index is -4.08. The minimum Gasteiger partial charge on any atom is -0.462 e. The van der Waals surface area contributed by atoms with E-state index in [-0.39, 0.29) is 25.4 Å². The minimum absolute atomic E-state index is 0.0353. The van der Waals surface area contributed by atoms with Crippen molar-refractivity contribution >= 4 is 16.9 Å². The first-order valence-corrected chi connectivity index (χ1v) is 8.05. The number of esters is 1. The van der Waals surface area contributed by atoms with E-state index in [2.05, 4.69) is 0 Å². The van der Waals surface area contributed by atoms with Crippen molar-refractivity contribution < 1.29 is 27.1 Å². The highest BCUT2D eigenvalue weighted by Crippen LogP contribution is 2.46. The van der Waals surface area contributed by atoms with Crippen LogP contribution in [-0.2, 0) is 11.2 Å². The van der Waals surface area contributed by atoms with Crippen LogP contribution in [0.1, 0.15) is 41.4 Å². The Bertz CT molecular complexity index is 755. The molecular formula is C18H19F3O3. The van der Waals surface area contributed by atoms with Crippen LogP contribution >= 0.6 is 0 Å². The molecule has 0 N–H and O–H groups in total. The van der Waals surface area contributed by atoms with Crippen molar-refractivity contribution in [1.82, 2.24) is 0 Å². The number of carbonyl (C=O) groups is 1. The second kappa shape index (κ2) is 6.15. The summed E-state index contributed by atoms with van der Waals surface area (Å²) in [5.74, 6) is -1.08. The number of carbonyl (C=O) groups excluding carboxylic acids is 1. The van der Waals surface area contributed by atoms with Gasteiger partial charge in [-0.2, -0.15) is 13.2 Å². The molecule has 0 atom stereocenters. The summed E-state index contributed by atoms with van der Waals surface area (Å²) in [6.07, 6.45) is -3.15. The Morgan fingerprint density at radius 3 is 2.67 bits per heavy atom. The lowest BCUT2D eigenvalue weighted by molar-refractivity contribution is -0.204. The predicted molar refractivity (Wildman–Crippen MR) is 82.9 cm³/mol. The Morgan fingerprint density at radius 2 is 2.04 bits per heavy atom. The molecule has 0 spiro atoms. The van der Waals surface area contributed by atoms with E-state index in [1.165, 1.54) is 0 Å². The lowest BCUT2D eigenvalue weighted by Crippen LogP contribution is -2.36. The van der Waals surface area contributed by atoms with Crippen LogP contribution in [0.4, 0.5) is 13.2 Å². The lowest BCUT2D eigenvalue weighted by Gasteiger charge is -2.36. The maximum absolute atomic E-state index is 12.6. The van der Waals surface area contributed by atoms with E-state index in [1.54, 1.807) is 19.9 Å². The van der Waals surface area contributed by atoms with E-state index in [1.807, 2.05) is 12.1 Å². The van der Waals surface area contributed by atoms with Gasteiger partial charge < -0.3 is 9.15 Å². The summed E-state index contributed by atoms with van der Waals surface area (Å²) < 4.78 is 48.4. The van der Waals surface area contributed by atoms with Gasteiger partial charge in [0, 0.05) is 5.39 Å². The molecule has 1 aliphatic rings. The molecule has 3 rings (SSSR count). The van der Waals surface area contributed by atoms with Crippen molar-refractivity contribution in [3.8, 4) is 0 Å². The Morgan fingerprint density at radius 1 is 1.33 bits per heavy atom. The standard InChI is InChI=1S/C18H19F3O3/c1-3-23-17(22)16-10(2)24-15-5-4-11(9-14(15)16)6-12-7-13(8-12)18(19,20)21/h4-5,9,12-13H,3,6-8H2,1-2H3. The van der Waals surface area contributed by atoms with E-state index in [0.29, 0.717) is 28.7 Å². The molecule has 2 aromatic rings. The number of aryl methyl sites for hydroxylation is 1. The Kier molecular flexibility index (Phi) is 4.32. The molecule has 6 heteroatoms. The number of ether oxygens (including phenoxy) is 1. The highest BCUT2D eigenvalue weighted by atomic mass is 19.4. The summed E-state index contributed by atoms with van der Waals surface area (Å²) in [5.41, 5.74) is 1.90. The molecular weight excluding hydrogens is 321 g/mol. The summed E-state index contributed by atoms with van der Waals surface area (Å²) >= 11 is 0. The number of benzene rings is 1. The second-order valence-electron chi connectivity index (χ2n) is 6.36. The van der Waals surface area contributed by atoms with E-state index in [4.69, 9.17) is 9.15 Å². The highest BCUT2D eigenvalue weighted by Gasteiger charge is 2.47. The molecule has 0 radical (unpaired) electrons. The Labute approximate surface area is 137 Å². The number of hydrogen-bond acceptors (Lipinski definition) is 3. The molecule has 1 heterocycles. The molecule has 1 fully saturated rings. The largest absolute Gasteiger partial charge is 0.462 e. The molecule has 1 aromatic carbocycles. The zero-order valence-electron chi connectivity index (χ0n) is 13.6. The fourth-order valence-electron chi connectivity index (χ4n) is 3.35. The normalized spacial score (nSPS) is 20.9. The molecule has 1 saturated carbocycles. The van der Waals surface area contributed by atoms with E-state index >= 15 is 0 Å². The van der Waals surface area contributed by atoms with Gasteiger partial charge in [0.05, 0.1) is 12.5 Å². The molecule has 1 aliphatic carbocycles. The van der Waals surface area contributed by atoms with Crippen LogP contribution < -0.4 is 0 Å². The maximum Gasteiger partial charge on any atom is 0.391 e. The van der Waals surface area contributed by atoms with Crippen molar-refractivity contribution in [3.63, 3.8) is 0 Å². The van der Waals surface area contributed by atoms with E-state index < -0.39 is 18.1 Å². The molecule has 1 aromatic heterocycles. The summed E-state index contributed by atoms with van der Waals surface area (Å²) in [4.78, 5) is 12.1. The first kappa shape index (κ1) is 16.9. The fourth-order valence-corrected chi connectivity index (χ4v) is 3.35. The summed E-state index contributed by atoms with van der Waals surface area (Å²) in [6, 6.07) is 5.44. The number of alkyl halides is 3. The third-order valence-electron chi connectivity index (χ3n) is 4.63. The van der Waals surface area contributed by atoms with E-state index in [9.17, 15) is 18.0 Å². The molecule has 3 nitrogen and oxygen atoms in total. The monoisotopic (exact) mass is 340 g/mol. The zero-order valence-corrected chi connectivity index (χ0v) is 13.6. The van der Waals surface area contributed by atoms with Crippen molar-refractivity contribution in [2.24, 2.45) is 11.8 Å². The van der Waals surface area contributed by atoms with E-state index in [0.717, 1.165) is 5.56 Å². The fraction of sp³-hybridized carbons (Fsp3) is 0.500. The average molecular weight is 340 g/mol. The number of hydrogen-bond donors (Lipinski definition) is 0. The molecule has 0 saturated heterocycles.